The number of hydroxylamine groups is 1. The van der Waals surface area contributed by atoms with E-state index in [0.29, 0.717) is 0 Å². The molecule has 1 amide bonds. The maximum atomic E-state index is 12.0. The number of aryl methyl sites for hydroxylation is 1. The molecular weight excluding hydrogens is 252 g/mol. The molecule has 2 rings (SSSR count). The van der Waals surface area contributed by atoms with Crippen molar-refractivity contribution < 1.29 is 9.63 Å². The van der Waals surface area contributed by atoms with E-state index in [0.717, 1.165) is 4.57 Å². The zero-order chi connectivity index (χ0) is 14.2. The third kappa shape index (κ3) is 2.02. The van der Waals surface area contributed by atoms with E-state index in [1.165, 1.54) is 38.0 Å². The molecular formula is C11H12N4O4. The van der Waals surface area contributed by atoms with Crippen molar-refractivity contribution in [3.63, 3.8) is 0 Å². The van der Waals surface area contributed by atoms with Gasteiger partial charge in [-0.3, -0.25) is 23.6 Å². The standard InChI is InChI=1S/C11H12N4O4/c1-14-8-7(10(17)15(2)11(14)18)4-6(5-12-8)9(16)13-19-3/h4-5H,1-3H3,(H,13,16). The van der Waals surface area contributed by atoms with Gasteiger partial charge >= 0.3 is 5.69 Å². The normalized spacial score (nSPS) is 10.7. The third-order valence-electron chi connectivity index (χ3n) is 2.75. The van der Waals surface area contributed by atoms with Crippen LogP contribution in [-0.4, -0.2) is 27.1 Å². The smallest absolute Gasteiger partial charge is 0.280 e. The van der Waals surface area contributed by atoms with Crippen LogP contribution in [0.4, 0.5) is 0 Å². The topological polar surface area (TPSA) is 95.2 Å². The number of nitrogens with zero attached hydrogens (tertiary/aromatic N) is 3. The van der Waals surface area contributed by atoms with Crippen LogP contribution in [0.1, 0.15) is 10.4 Å². The fourth-order valence-corrected chi connectivity index (χ4v) is 1.74. The molecule has 0 spiro atoms. The highest BCUT2D eigenvalue weighted by atomic mass is 16.6. The van der Waals surface area contributed by atoms with Gasteiger partial charge in [-0.2, -0.15) is 0 Å². The number of pyridine rings is 1. The number of hydrogen-bond donors (Lipinski definition) is 1. The Morgan fingerprint density at radius 3 is 2.63 bits per heavy atom. The van der Waals surface area contributed by atoms with Crippen LogP contribution in [0, 0.1) is 0 Å². The molecule has 8 heteroatoms. The quantitative estimate of drug-likeness (QED) is 0.696. The van der Waals surface area contributed by atoms with E-state index >= 15 is 0 Å². The van der Waals surface area contributed by atoms with Crippen molar-refractivity contribution in [1.29, 1.82) is 0 Å². The molecule has 0 saturated heterocycles. The molecule has 19 heavy (non-hydrogen) atoms. The fourth-order valence-electron chi connectivity index (χ4n) is 1.74. The summed E-state index contributed by atoms with van der Waals surface area (Å²) < 4.78 is 2.21. The van der Waals surface area contributed by atoms with Crippen LogP contribution in [0.5, 0.6) is 0 Å². The molecule has 0 fully saturated rings. The molecule has 0 aliphatic heterocycles. The Bertz CT molecular complexity index is 775. The maximum absolute atomic E-state index is 12.0. The van der Waals surface area contributed by atoms with Crippen LogP contribution in [0.15, 0.2) is 21.9 Å². The summed E-state index contributed by atoms with van der Waals surface area (Å²) in [7, 11) is 4.17. The number of carbonyl (C=O) groups is 1. The minimum Gasteiger partial charge on any atom is -0.280 e. The number of nitrogens with one attached hydrogen (secondary N) is 1. The Hall–Kier alpha value is -2.48. The van der Waals surface area contributed by atoms with Gasteiger partial charge in [-0.05, 0) is 6.07 Å². The van der Waals surface area contributed by atoms with E-state index in [-0.39, 0.29) is 16.6 Å². The van der Waals surface area contributed by atoms with E-state index in [4.69, 9.17) is 0 Å². The summed E-state index contributed by atoms with van der Waals surface area (Å²) in [6.07, 6.45) is 1.27. The van der Waals surface area contributed by atoms with Crippen molar-refractivity contribution in [2.75, 3.05) is 7.11 Å². The van der Waals surface area contributed by atoms with Crippen molar-refractivity contribution in [2.24, 2.45) is 14.1 Å². The molecule has 100 valence electrons. The van der Waals surface area contributed by atoms with E-state index in [9.17, 15) is 14.4 Å². The molecule has 2 aromatic rings. The van der Waals surface area contributed by atoms with Crippen molar-refractivity contribution >= 4 is 16.9 Å². The first-order chi connectivity index (χ1) is 8.97. The predicted molar refractivity (Wildman–Crippen MR) is 66.7 cm³/mol. The summed E-state index contributed by atoms with van der Waals surface area (Å²) in [4.78, 5) is 43.8. The Balaban J connectivity index is 2.77. The first-order valence-corrected chi connectivity index (χ1v) is 5.36. The van der Waals surface area contributed by atoms with E-state index in [1.807, 2.05) is 0 Å². The number of carbonyl (C=O) groups excluding carboxylic acids is 1. The molecule has 2 aromatic heterocycles. The summed E-state index contributed by atoms with van der Waals surface area (Å²) in [5.41, 5.74) is 1.55. The molecule has 0 radical (unpaired) electrons. The van der Waals surface area contributed by atoms with Gasteiger partial charge in [0.05, 0.1) is 18.1 Å². The number of amides is 1. The van der Waals surface area contributed by atoms with Crippen LogP contribution in [0.2, 0.25) is 0 Å². The zero-order valence-electron chi connectivity index (χ0n) is 10.6. The van der Waals surface area contributed by atoms with Crippen LogP contribution in [0.25, 0.3) is 11.0 Å². The van der Waals surface area contributed by atoms with E-state index < -0.39 is 17.2 Å². The highest BCUT2D eigenvalue weighted by Gasteiger charge is 2.13. The summed E-state index contributed by atoms with van der Waals surface area (Å²) in [5, 5.41) is 0.188. The molecule has 0 saturated carbocycles. The largest absolute Gasteiger partial charge is 0.332 e. The Morgan fingerprint density at radius 1 is 1.32 bits per heavy atom. The van der Waals surface area contributed by atoms with Gasteiger partial charge in [0, 0.05) is 20.3 Å². The number of aromatic nitrogens is 3. The first kappa shape index (κ1) is 13.0. The van der Waals surface area contributed by atoms with Gasteiger partial charge in [-0.1, -0.05) is 0 Å². The summed E-state index contributed by atoms with van der Waals surface area (Å²) in [5.74, 6) is -0.521. The average Bonchev–Trinajstić information content (AvgIpc) is 2.42. The Kier molecular flexibility index (Phi) is 3.17. The number of fused-ring (bicyclic) bond motifs is 1. The number of hydrogen-bond acceptors (Lipinski definition) is 5. The molecule has 0 unspecified atom stereocenters. The van der Waals surface area contributed by atoms with Gasteiger partial charge in [-0.25, -0.2) is 15.3 Å². The van der Waals surface area contributed by atoms with Gasteiger partial charge in [0.15, 0.2) is 0 Å². The number of rotatable bonds is 2. The van der Waals surface area contributed by atoms with Crippen LogP contribution in [-0.2, 0) is 18.9 Å². The Labute approximate surface area is 107 Å². The molecule has 8 nitrogen and oxygen atoms in total. The summed E-state index contributed by atoms with van der Waals surface area (Å²) >= 11 is 0. The maximum Gasteiger partial charge on any atom is 0.332 e. The lowest BCUT2D eigenvalue weighted by atomic mass is 10.2. The molecule has 1 N–H and O–H groups in total. The van der Waals surface area contributed by atoms with Gasteiger partial charge in [0.1, 0.15) is 5.65 Å². The van der Waals surface area contributed by atoms with Crippen molar-refractivity contribution in [3.05, 3.63) is 38.7 Å². The lowest BCUT2D eigenvalue weighted by Crippen LogP contribution is -2.37. The Morgan fingerprint density at radius 2 is 2.00 bits per heavy atom. The molecule has 0 atom stereocenters. The monoisotopic (exact) mass is 264 g/mol. The van der Waals surface area contributed by atoms with Crippen molar-refractivity contribution in [2.45, 2.75) is 0 Å². The van der Waals surface area contributed by atoms with E-state index in [1.54, 1.807) is 0 Å². The molecule has 2 heterocycles. The average molecular weight is 264 g/mol. The minimum atomic E-state index is -0.521. The van der Waals surface area contributed by atoms with Crippen LogP contribution in [0.3, 0.4) is 0 Å². The summed E-state index contributed by atoms with van der Waals surface area (Å²) in [6, 6.07) is 1.37. The van der Waals surface area contributed by atoms with Crippen LogP contribution >= 0.6 is 0 Å². The highest BCUT2D eigenvalue weighted by molar-refractivity contribution is 5.96. The van der Waals surface area contributed by atoms with Crippen LogP contribution < -0.4 is 16.7 Å². The zero-order valence-corrected chi connectivity index (χ0v) is 10.6. The molecule has 0 bridgehead atoms. The minimum absolute atomic E-state index is 0.171. The van der Waals surface area contributed by atoms with Gasteiger partial charge < -0.3 is 0 Å². The fraction of sp³-hybridized carbons (Fsp3) is 0.273. The SMILES string of the molecule is CONC(=O)c1cnc2c(c1)c(=O)n(C)c(=O)n2C. The molecule has 0 aliphatic carbocycles. The third-order valence-corrected chi connectivity index (χ3v) is 2.75. The second-order valence-corrected chi connectivity index (χ2v) is 3.94. The second-order valence-electron chi connectivity index (χ2n) is 3.94. The summed E-state index contributed by atoms with van der Waals surface area (Å²) in [6.45, 7) is 0. The van der Waals surface area contributed by atoms with Gasteiger partial charge in [0.25, 0.3) is 11.5 Å². The van der Waals surface area contributed by atoms with Crippen molar-refractivity contribution in [3.8, 4) is 0 Å². The van der Waals surface area contributed by atoms with Gasteiger partial charge in [-0.15, -0.1) is 0 Å². The lowest BCUT2D eigenvalue weighted by Gasteiger charge is -2.07. The highest BCUT2D eigenvalue weighted by Crippen LogP contribution is 2.07. The predicted octanol–water partition coefficient (Wildman–Crippen LogP) is -1.08. The first-order valence-electron chi connectivity index (χ1n) is 5.36. The van der Waals surface area contributed by atoms with Gasteiger partial charge in [0.2, 0.25) is 0 Å². The lowest BCUT2D eigenvalue weighted by molar-refractivity contribution is 0.0537. The molecule has 0 aliphatic rings. The second kappa shape index (κ2) is 4.65. The van der Waals surface area contributed by atoms with Crippen molar-refractivity contribution in [1.82, 2.24) is 19.6 Å². The van der Waals surface area contributed by atoms with E-state index in [2.05, 4.69) is 15.3 Å². The molecule has 0 aromatic carbocycles.